The normalized spacial score (nSPS) is 10.4. The molecule has 28 heavy (non-hydrogen) atoms. The van der Waals surface area contributed by atoms with Crippen LogP contribution in [0.2, 0.25) is 0 Å². The van der Waals surface area contributed by atoms with Crippen LogP contribution in [0.1, 0.15) is 23.1 Å². The van der Waals surface area contributed by atoms with Crippen LogP contribution in [0.5, 0.6) is 11.5 Å². The molecule has 0 unspecified atom stereocenters. The molecule has 0 spiro atoms. The maximum atomic E-state index is 12.7. The lowest BCUT2D eigenvalue weighted by atomic mass is 10.2. The van der Waals surface area contributed by atoms with Crippen molar-refractivity contribution in [3.05, 3.63) is 76.2 Å². The van der Waals surface area contributed by atoms with Crippen molar-refractivity contribution in [1.29, 1.82) is 0 Å². The molecule has 144 valence electrons. The Hall–Kier alpha value is -3.61. The number of rotatable bonds is 6. The van der Waals surface area contributed by atoms with Gasteiger partial charge in [0.15, 0.2) is 17.2 Å². The van der Waals surface area contributed by atoms with Crippen LogP contribution in [0.3, 0.4) is 0 Å². The Morgan fingerprint density at radius 1 is 1.11 bits per heavy atom. The van der Waals surface area contributed by atoms with Crippen molar-refractivity contribution >= 4 is 11.6 Å². The summed E-state index contributed by atoms with van der Waals surface area (Å²) in [5.41, 5.74) is 1.23. The highest BCUT2D eigenvalue weighted by Crippen LogP contribution is 2.30. The smallest absolute Gasteiger partial charge is 0.280 e. The van der Waals surface area contributed by atoms with Crippen LogP contribution in [0.4, 0.5) is 5.69 Å². The zero-order chi connectivity index (χ0) is 20.1. The van der Waals surface area contributed by atoms with Crippen LogP contribution in [0.15, 0.2) is 59.4 Å². The molecule has 0 saturated carbocycles. The molecule has 3 rings (SSSR count). The van der Waals surface area contributed by atoms with Gasteiger partial charge in [-0.1, -0.05) is 18.2 Å². The second-order valence-corrected chi connectivity index (χ2v) is 6.00. The Morgan fingerprint density at radius 2 is 1.86 bits per heavy atom. The molecule has 3 aromatic rings. The van der Waals surface area contributed by atoms with E-state index in [9.17, 15) is 9.59 Å². The molecule has 2 aromatic carbocycles. The standard InChI is InChI=1S/C21H21N3O4/c1-4-28-18-11-10-15(13-19(18)27-3)22-21(26)20-17(25)12-14(2)24(23-20)16-8-6-5-7-9-16/h5-13H,4H2,1-3H3,(H,22,26). The number of hydrogen-bond donors (Lipinski definition) is 1. The van der Waals surface area contributed by atoms with Crippen molar-refractivity contribution in [2.75, 3.05) is 19.0 Å². The van der Waals surface area contributed by atoms with Crippen molar-refractivity contribution in [3.63, 3.8) is 0 Å². The Labute approximate surface area is 162 Å². The van der Waals surface area contributed by atoms with Gasteiger partial charge in [0.2, 0.25) is 5.43 Å². The number of nitrogens with zero attached hydrogens (tertiary/aromatic N) is 2. The molecule has 1 heterocycles. The zero-order valence-corrected chi connectivity index (χ0v) is 15.9. The van der Waals surface area contributed by atoms with E-state index in [1.807, 2.05) is 37.3 Å². The summed E-state index contributed by atoms with van der Waals surface area (Å²) < 4.78 is 12.3. The molecule has 1 amide bonds. The summed E-state index contributed by atoms with van der Waals surface area (Å²) in [6.45, 7) is 4.13. The SMILES string of the molecule is CCOc1ccc(NC(=O)c2nn(-c3ccccc3)c(C)cc2=O)cc1OC. The topological polar surface area (TPSA) is 82.5 Å². The molecule has 0 bridgehead atoms. The third-order valence-corrected chi connectivity index (χ3v) is 4.04. The summed E-state index contributed by atoms with van der Waals surface area (Å²) in [5.74, 6) is 0.460. The summed E-state index contributed by atoms with van der Waals surface area (Å²) in [5, 5.41) is 6.95. The Balaban J connectivity index is 1.92. The minimum atomic E-state index is -0.596. The zero-order valence-electron chi connectivity index (χ0n) is 15.9. The number of amides is 1. The summed E-state index contributed by atoms with van der Waals surface area (Å²) in [7, 11) is 1.52. The second kappa shape index (κ2) is 8.39. The number of ether oxygens (including phenoxy) is 2. The third-order valence-electron chi connectivity index (χ3n) is 4.04. The average molecular weight is 379 g/mol. The molecule has 0 aliphatic rings. The van der Waals surface area contributed by atoms with E-state index in [4.69, 9.17) is 9.47 Å². The monoisotopic (exact) mass is 379 g/mol. The molecule has 0 atom stereocenters. The molecule has 1 N–H and O–H groups in total. The number of carbonyl (C=O) groups is 1. The number of aromatic nitrogens is 2. The summed E-state index contributed by atoms with van der Waals surface area (Å²) >= 11 is 0. The van der Waals surface area contributed by atoms with Crippen LogP contribution >= 0.6 is 0 Å². The molecule has 0 radical (unpaired) electrons. The maximum absolute atomic E-state index is 12.7. The molecular formula is C21H21N3O4. The lowest BCUT2D eigenvalue weighted by molar-refractivity contribution is 0.101. The third kappa shape index (κ3) is 4.03. The van der Waals surface area contributed by atoms with Crippen LogP contribution in [0.25, 0.3) is 5.69 Å². The van der Waals surface area contributed by atoms with Crippen LogP contribution in [-0.4, -0.2) is 29.4 Å². The molecule has 1 aromatic heterocycles. The molecule has 0 aliphatic heterocycles. The van der Waals surface area contributed by atoms with Gasteiger partial charge in [0.1, 0.15) is 0 Å². The fourth-order valence-electron chi connectivity index (χ4n) is 2.75. The van der Waals surface area contributed by atoms with Gasteiger partial charge in [-0.25, -0.2) is 4.68 Å². The Morgan fingerprint density at radius 3 is 2.54 bits per heavy atom. The highest BCUT2D eigenvalue weighted by molar-refractivity contribution is 6.02. The minimum absolute atomic E-state index is 0.192. The van der Waals surface area contributed by atoms with Gasteiger partial charge in [-0.3, -0.25) is 9.59 Å². The Kier molecular flexibility index (Phi) is 5.74. The van der Waals surface area contributed by atoms with E-state index in [-0.39, 0.29) is 5.69 Å². The number of para-hydroxylation sites is 1. The fourth-order valence-corrected chi connectivity index (χ4v) is 2.75. The lowest BCUT2D eigenvalue weighted by Gasteiger charge is -2.13. The summed E-state index contributed by atoms with van der Waals surface area (Å²) in [4.78, 5) is 25.0. The van der Waals surface area contributed by atoms with Crippen molar-refractivity contribution < 1.29 is 14.3 Å². The van der Waals surface area contributed by atoms with Gasteiger partial charge in [0.25, 0.3) is 5.91 Å². The van der Waals surface area contributed by atoms with E-state index in [0.29, 0.717) is 29.5 Å². The van der Waals surface area contributed by atoms with Gasteiger partial charge >= 0.3 is 0 Å². The predicted molar refractivity (Wildman–Crippen MR) is 107 cm³/mol. The van der Waals surface area contributed by atoms with E-state index in [2.05, 4.69) is 10.4 Å². The molecular weight excluding hydrogens is 358 g/mol. The van der Waals surface area contributed by atoms with E-state index >= 15 is 0 Å². The van der Waals surface area contributed by atoms with Crippen molar-refractivity contribution in [2.24, 2.45) is 0 Å². The van der Waals surface area contributed by atoms with E-state index < -0.39 is 11.3 Å². The molecule has 7 nitrogen and oxygen atoms in total. The van der Waals surface area contributed by atoms with Crippen molar-refractivity contribution in [1.82, 2.24) is 9.78 Å². The fraction of sp³-hybridized carbons (Fsp3) is 0.190. The van der Waals surface area contributed by atoms with E-state index in [1.165, 1.54) is 13.2 Å². The maximum Gasteiger partial charge on any atom is 0.280 e. The van der Waals surface area contributed by atoms with Gasteiger partial charge in [0, 0.05) is 23.5 Å². The summed E-state index contributed by atoms with van der Waals surface area (Å²) in [6, 6.07) is 15.7. The van der Waals surface area contributed by atoms with Gasteiger partial charge < -0.3 is 14.8 Å². The number of methoxy groups -OCH3 is 1. The highest BCUT2D eigenvalue weighted by atomic mass is 16.5. The number of carbonyl (C=O) groups excluding carboxylic acids is 1. The minimum Gasteiger partial charge on any atom is -0.493 e. The second-order valence-electron chi connectivity index (χ2n) is 6.00. The number of benzene rings is 2. The quantitative estimate of drug-likeness (QED) is 0.711. The Bertz CT molecular complexity index is 1050. The van der Waals surface area contributed by atoms with Gasteiger partial charge in [-0.15, -0.1) is 0 Å². The number of anilines is 1. The number of nitrogens with one attached hydrogen (secondary N) is 1. The highest BCUT2D eigenvalue weighted by Gasteiger charge is 2.16. The first-order chi connectivity index (χ1) is 13.5. The largest absolute Gasteiger partial charge is 0.493 e. The van der Waals surface area contributed by atoms with Gasteiger partial charge in [-0.2, -0.15) is 5.10 Å². The van der Waals surface area contributed by atoms with Crippen molar-refractivity contribution in [3.8, 4) is 17.2 Å². The number of hydrogen-bond acceptors (Lipinski definition) is 5. The lowest BCUT2D eigenvalue weighted by Crippen LogP contribution is -2.26. The molecule has 0 saturated heterocycles. The molecule has 0 aliphatic carbocycles. The molecule has 7 heteroatoms. The van der Waals surface area contributed by atoms with E-state index in [0.717, 1.165) is 5.69 Å². The van der Waals surface area contributed by atoms with Gasteiger partial charge in [0.05, 0.1) is 19.4 Å². The van der Waals surface area contributed by atoms with Crippen LogP contribution < -0.4 is 20.2 Å². The van der Waals surface area contributed by atoms with E-state index in [1.54, 1.807) is 29.8 Å². The summed E-state index contributed by atoms with van der Waals surface area (Å²) in [6.07, 6.45) is 0. The average Bonchev–Trinajstić information content (AvgIpc) is 2.70. The number of aryl methyl sites for hydroxylation is 1. The first-order valence-electron chi connectivity index (χ1n) is 8.82. The first kappa shape index (κ1) is 19.2. The first-order valence-corrected chi connectivity index (χ1v) is 8.82. The van der Waals surface area contributed by atoms with Gasteiger partial charge in [-0.05, 0) is 38.1 Å². The molecule has 0 fully saturated rings. The van der Waals surface area contributed by atoms with Crippen LogP contribution in [0, 0.1) is 6.92 Å². The van der Waals surface area contributed by atoms with Crippen molar-refractivity contribution in [2.45, 2.75) is 13.8 Å². The predicted octanol–water partition coefficient (Wildman–Crippen LogP) is 3.20. The van der Waals surface area contributed by atoms with Crippen LogP contribution in [-0.2, 0) is 0 Å².